The number of carbonyl (C=O) groups excluding carboxylic acids is 3. The highest BCUT2D eigenvalue weighted by Gasteiger charge is 2.09. The average molecular weight is 384 g/mol. The molecule has 0 saturated carbocycles. The van der Waals surface area contributed by atoms with Crippen LogP contribution in [-0.2, 0) is 19.1 Å². The van der Waals surface area contributed by atoms with Gasteiger partial charge in [0.25, 0.3) is 5.91 Å². The fourth-order valence-electron chi connectivity index (χ4n) is 2.40. The second-order valence-electron chi connectivity index (χ2n) is 6.24. The van der Waals surface area contributed by atoms with Crippen molar-refractivity contribution in [2.24, 2.45) is 0 Å². The zero-order chi connectivity index (χ0) is 20.4. The highest BCUT2D eigenvalue weighted by Crippen LogP contribution is 2.15. The first-order chi connectivity index (χ1) is 13.4. The minimum Gasteiger partial charge on any atom is -0.494 e. The van der Waals surface area contributed by atoms with E-state index < -0.39 is 11.9 Å². The van der Waals surface area contributed by atoms with Crippen molar-refractivity contribution < 1.29 is 23.9 Å². The standard InChI is InChI=1S/C21H24N2O5/c1-15-6-3-9-19(12-15)27-11-5-10-21(26)28-14-20(25)23-18-8-4-7-17(13-18)22-16(2)24/h3-4,6-9,12-13H,5,10-11,14H2,1-2H3,(H,22,24)(H,23,25). The highest BCUT2D eigenvalue weighted by molar-refractivity contribution is 5.94. The van der Waals surface area contributed by atoms with Crippen LogP contribution in [-0.4, -0.2) is 31.0 Å². The summed E-state index contributed by atoms with van der Waals surface area (Å²) < 4.78 is 10.5. The molecule has 2 rings (SSSR count). The predicted octanol–water partition coefficient (Wildman–Crippen LogP) is 3.29. The van der Waals surface area contributed by atoms with Crippen molar-refractivity contribution in [3.63, 3.8) is 0 Å². The van der Waals surface area contributed by atoms with Crippen molar-refractivity contribution in [3.05, 3.63) is 54.1 Å². The van der Waals surface area contributed by atoms with E-state index in [4.69, 9.17) is 9.47 Å². The van der Waals surface area contributed by atoms with Gasteiger partial charge in [0.1, 0.15) is 5.75 Å². The third-order valence-electron chi connectivity index (χ3n) is 3.61. The first-order valence-corrected chi connectivity index (χ1v) is 8.95. The number of benzene rings is 2. The van der Waals surface area contributed by atoms with Gasteiger partial charge >= 0.3 is 5.97 Å². The van der Waals surface area contributed by atoms with Crippen LogP contribution in [0.1, 0.15) is 25.3 Å². The summed E-state index contributed by atoms with van der Waals surface area (Å²) in [7, 11) is 0. The topological polar surface area (TPSA) is 93.7 Å². The molecule has 7 heteroatoms. The van der Waals surface area contributed by atoms with Gasteiger partial charge in [-0.2, -0.15) is 0 Å². The first kappa shape index (κ1) is 21.0. The number of hydrogen-bond acceptors (Lipinski definition) is 5. The summed E-state index contributed by atoms with van der Waals surface area (Å²) in [6, 6.07) is 14.4. The first-order valence-electron chi connectivity index (χ1n) is 8.95. The number of hydrogen-bond donors (Lipinski definition) is 2. The number of esters is 1. The Morgan fingerprint density at radius 3 is 2.39 bits per heavy atom. The lowest BCUT2D eigenvalue weighted by Crippen LogP contribution is -2.21. The lowest BCUT2D eigenvalue weighted by atomic mass is 10.2. The molecule has 0 saturated heterocycles. The summed E-state index contributed by atoms with van der Waals surface area (Å²) in [5.74, 6) is -0.364. The van der Waals surface area contributed by atoms with Crippen LogP contribution in [0.25, 0.3) is 0 Å². The Morgan fingerprint density at radius 1 is 0.964 bits per heavy atom. The number of ether oxygens (including phenoxy) is 2. The lowest BCUT2D eigenvalue weighted by molar-refractivity contribution is -0.147. The van der Waals surface area contributed by atoms with Gasteiger partial charge in [-0.1, -0.05) is 18.2 Å². The van der Waals surface area contributed by atoms with E-state index in [0.717, 1.165) is 11.3 Å². The Hall–Kier alpha value is -3.35. The second kappa shape index (κ2) is 10.7. The van der Waals surface area contributed by atoms with Gasteiger partial charge in [-0.15, -0.1) is 0 Å². The normalized spacial score (nSPS) is 10.1. The minimum atomic E-state index is -0.463. The molecule has 148 valence electrons. The molecule has 2 amide bonds. The van der Waals surface area contributed by atoms with E-state index in [9.17, 15) is 14.4 Å². The summed E-state index contributed by atoms with van der Waals surface area (Å²) in [6.45, 7) is 3.39. The molecule has 0 heterocycles. The molecule has 2 aromatic carbocycles. The number of amides is 2. The van der Waals surface area contributed by atoms with Crippen LogP contribution < -0.4 is 15.4 Å². The quantitative estimate of drug-likeness (QED) is 0.511. The van der Waals surface area contributed by atoms with Gasteiger partial charge in [0.05, 0.1) is 6.61 Å². The molecular formula is C21H24N2O5. The summed E-state index contributed by atoms with van der Waals surface area (Å²) in [5.41, 5.74) is 2.17. The van der Waals surface area contributed by atoms with Gasteiger partial charge in [0.2, 0.25) is 5.91 Å². The number of aryl methyl sites for hydroxylation is 1. The van der Waals surface area contributed by atoms with Gasteiger partial charge in [0, 0.05) is 24.7 Å². The monoisotopic (exact) mass is 384 g/mol. The van der Waals surface area contributed by atoms with E-state index in [-0.39, 0.29) is 18.9 Å². The van der Waals surface area contributed by atoms with Crippen LogP contribution in [0, 0.1) is 6.92 Å². The van der Waals surface area contributed by atoms with Crippen LogP contribution >= 0.6 is 0 Å². The molecule has 0 aromatic heterocycles. The smallest absolute Gasteiger partial charge is 0.306 e. The van der Waals surface area contributed by atoms with E-state index in [2.05, 4.69) is 10.6 Å². The van der Waals surface area contributed by atoms with Gasteiger partial charge in [-0.25, -0.2) is 0 Å². The summed E-state index contributed by atoms with van der Waals surface area (Å²) in [4.78, 5) is 34.7. The third kappa shape index (κ3) is 7.90. The van der Waals surface area contributed by atoms with E-state index in [0.29, 0.717) is 24.4 Å². The number of rotatable bonds is 9. The summed E-state index contributed by atoms with van der Waals surface area (Å²) >= 11 is 0. The van der Waals surface area contributed by atoms with Gasteiger partial charge < -0.3 is 20.1 Å². The number of nitrogens with one attached hydrogen (secondary N) is 2. The van der Waals surface area contributed by atoms with Crippen LogP contribution in [0.3, 0.4) is 0 Å². The Labute approximate surface area is 164 Å². The molecule has 0 atom stereocenters. The summed E-state index contributed by atoms with van der Waals surface area (Å²) in [5, 5.41) is 5.24. The predicted molar refractivity (Wildman–Crippen MR) is 106 cm³/mol. The summed E-state index contributed by atoms with van der Waals surface area (Å²) in [6.07, 6.45) is 0.657. The molecule has 0 aliphatic carbocycles. The zero-order valence-electron chi connectivity index (χ0n) is 16.0. The third-order valence-corrected chi connectivity index (χ3v) is 3.61. The van der Waals surface area contributed by atoms with E-state index >= 15 is 0 Å². The molecule has 0 aliphatic heterocycles. The van der Waals surface area contributed by atoms with Crippen molar-refractivity contribution in [1.82, 2.24) is 0 Å². The second-order valence-corrected chi connectivity index (χ2v) is 6.24. The van der Waals surface area contributed by atoms with E-state index in [1.807, 2.05) is 31.2 Å². The molecule has 0 fully saturated rings. The van der Waals surface area contributed by atoms with Crippen molar-refractivity contribution in [3.8, 4) is 5.75 Å². The largest absolute Gasteiger partial charge is 0.494 e. The fraction of sp³-hybridized carbons (Fsp3) is 0.286. The molecule has 2 N–H and O–H groups in total. The average Bonchev–Trinajstić information content (AvgIpc) is 2.63. The minimum absolute atomic E-state index is 0.164. The molecule has 0 aliphatic rings. The Bertz CT molecular complexity index is 835. The molecule has 2 aromatic rings. The SMILES string of the molecule is CC(=O)Nc1cccc(NC(=O)COC(=O)CCCOc2cccc(C)c2)c1. The maximum atomic E-state index is 11.9. The molecular weight excluding hydrogens is 360 g/mol. The van der Waals surface area contributed by atoms with Gasteiger partial charge in [-0.3, -0.25) is 14.4 Å². The molecule has 0 spiro atoms. The van der Waals surface area contributed by atoms with Crippen molar-refractivity contribution in [2.45, 2.75) is 26.7 Å². The lowest BCUT2D eigenvalue weighted by Gasteiger charge is -2.09. The number of carbonyl (C=O) groups is 3. The zero-order valence-corrected chi connectivity index (χ0v) is 16.0. The van der Waals surface area contributed by atoms with Crippen LogP contribution in [0.2, 0.25) is 0 Å². The van der Waals surface area contributed by atoms with Gasteiger partial charge in [-0.05, 0) is 49.2 Å². The molecule has 0 bridgehead atoms. The van der Waals surface area contributed by atoms with Gasteiger partial charge in [0.15, 0.2) is 6.61 Å². The maximum absolute atomic E-state index is 11.9. The van der Waals surface area contributed by atoms with E-state index in [1.165, 1.54) is 6.92 Å². The van der Waals surface area contributed by atoms with Crippen molar-refractivity contribution in [2.75, 3.05) is 23.8 Å². The van der Waals surface area contributed by atoms with Crippen molar-refractivity contribution in [1.29, 1.82) is 0 Å². The number of anilines is 2. The van der Waals surface area contributed by atoms with Crippen LogP contribution in [0.5, 0.6) is 5.75 Å². The molecule has 28 heavy (non-hydrogen) atoms. The van der Waals surface area contributed by atoms with Crippen LogP contribution in [0.4, 0.5) is 11.4 Å². The maximum Gasteiger partial charge on any atom is 0.306 e. The Balaban J connectivity index is 1.65. The molecule has 7 nitrogen and oxygen atoms in total. The van der Waals surface area contributed by atoms with Crippen molar-refractivity contribution >= 4 is 29.2 Å². The molecule has 0 radical (unpaired) electrons. The Morgan fingerprint density at radius 2 is 1.68 bits per heavy atom. The van der Waals surface area contributed by atoms with Crippen LogP contribution in [0.15, 0.2) is 48.5 Å². The Kier molecular flexibility index (Phi) is 8.02. The van der Waals surface area contributed by atoms with E-state index in [1.54, 1.807) is 24.3 Å². The highest BCUT2D eigenvalue weighted by atomic mass is 16.5. The molecule has 0 unspecified atom stereocenters. The fourth-order valence-corrected chi connectivity index (χ4v) is 2.40.